The van der Waals surface area contributed by atoms with E-state index in [0.29, 0.717) is 0 Å². The smallest absolute Gasteiger partial charge is 0.243 e. The van der Waals surface area contributed by atoms with Gasteiger partial charge in [0.05, 0.1) is 6.21 Å². The number of rotatable bonds is 4. The van der Waals surface area contributed by atoms with Crippen LogP contribution in [-0.2, 0) is 9.59 Å². The lowest BCUT2D eigenvalue weighted by Crippen LogP contribution is -2.36. The van der Waals surface area contributed by atoms with Gasteiger partial charge in [0.15, 0.2) is 0 Å². The fourth-order valence-corrected chi connectivity index (χ4v) is 2.20. The van der Waals surface area contributed by atoms with Gasteiger partial charge >= 0.3 is 0 Å². The van der Waals surface area contributed by atoms with Crippen molar-refractivity contribution in [3.05, 3.63) is 29.8 Å². The van der Waals surface area contributed by atoms with Crippen LogP contribution >= 0.6 is 0 Å². The number of carbonyl (C=O) groups is 2. The lowest BCUT2D eigenvalue weighted by molar-refractivity contribution is -0.125. The molecule has 1 heterocycles. The number of hydrazone groups is 1. The number of anilines is 1. The Hall–Kier alpha value is -2.21. The molecular formula is C15H20N4O2. The molecule has 1 aliphatic rings. The summed E-state index contributed by atoms with van der Waals surface area (Å²) >= 11 is 0. The van der Waals surface area contributed by atoms with Crippen LogP contribution in [0.2, 0.25) is 0 Å². The topological polar surface area (TPSA) is 82.6 Å². The van der Waals surface area contributed by atoms with Crippen molar-refractivity contribution in [1.82, 2.24) is 10.7 Å². The lowest BCUT2D eigenvalue weighted by Gasteiger charge is -2.20. The summed E-state index contributed by atoms with van der Waals surface area (Å²) in [5, 5.41) is 9.89. The minimum absolute atomic E-state index is 0.0254. The molecular weight excluding hydrogens is 268 g/mol. The van der Waals surface area contributed by atoms with Crippen molar-refractivity contribution in [3.63, 3.8) is 0 Å². The molecule has 1 aliphatic heterocycles. The average Bonchev–Trinajstić information content (AvgIpc) is 2.49. The maximum atomic E-state index is 11.9. The molecule has 1 aromatic rings. The molecule has 2 rings (SSSR count). The number of nitrogens with zero attached hydrogens (tertiary/aromatic N) is 1. The van der Waals surface area contributed by atoms with Gasteiger partial charge in [0.25, 0.3) is 0 Å². The summed E-state index contributed by atoms with van der Waals surface area (Å²) in [4.78, 5) is 22.8. The van der Waals surface area contributed by atoms with Gasteiger partial charge < -0.3 is 10.6 Å². The first-order valence-corrected chi connectivity index (χ1v) is 7.06. The second kappa shape index (κ2) is 7.54. The van der Waals surface area contributed by atoms with Gasteiger partial charge in [0.1, 0.15) is 0 Å². The van der Waals surface area contributed by atoms with E-state index in [9.17, 15) is 9.59 Å². The molecule has 1 saturated heterocycles. The van der Waals surface area contributed by atoms with E-state index in [4.69, 9.17) is 0 Å². The van der Waals surface area contributed by atoms with Crippen molar-refractivity contribution in [2.45, 2.75) is 19.8 Å². The Bertz CT molecular complexity index is 519. The van der Waals surface area contributed by atoms with Crippen LogP contribution < -0.4 is 16.1 Å². The minimum Gasteiger partial charge on any atom is -0.326 e. The zero-order valence-corrected chi connectivity index (χ0v) is 12.1. The predicted octanol–water partition coefficient (Wildman–Crippen LogP) is 1.09. The van der Waals surface area contributed by atoms with E-state index in [1.54, 1.807) is 18.3 Å². The molecule has 0 atom stereocenters. The Morgan fingerprint density at radius 1 is 1.24 bits per heavy atom. The van der Waals surface area contributed by atoms with Gasteiger partial charge in [-0.1, -0.05) is 12.1 Å². The van der Waals surface area contributed by atoms with Crippen LogP contribution in [-0.4, -0.2) is 31.1 Å². The Morgan fingerprint density at radius 2 is 1.90 bits per heavy atom. The standard InChI is InChI=1S/C15H20N4O2/c1-11(20)18-14-4-2-12(3-5-14)10-17-19-15(21)13-6-8-16-9-7-13/h2-5,10,13,16H,6-9H2,1H3,(H,18,20)(H,19,21). The average molecular weight is 288 g/mol. The number of benzene rings is 1. The normalized spacial score (nSPS) is 15.9. The van der Waals surface area contributed by atoms with E-state index >= 15 is 0 Å². The first kappa shape index (κ1) is 15.2. The highest BCUT2D eigenvalue weighted by atomic mass is 16.2. The van der Waals surface area contributed by atoms with Crippen LogP contribution in [0.15, 0.2) is 29.4 Å². The quantitative estimate of drug-likeness (QED) is 0.573. The molecule has 1 fully saturated rings. The van der Waals surface area contributed by atoms with E-state index in [1.807, 2.05) is 12.1 Å². The number of amides is 2. The zero-order chi connectivity index (χ0) is 15.1. The van der Waals surface area contributed by atoms with Gasteiger partial charge in [-0.25, -0.2) is 5.43 Å². The van der Waals surface area contributed by atoms with E-state index in [-0.39, 0.29) is 17.7 Å². The van der Waals surface area contributed by atoms with Crippen molar-refractivity contribution < 1.29 is 9.59 Å². The van der Waals surface area contributed by atoms with Crippen molar-refractivity contribution in [1.29, 1.82) is 0 Å². The summed E-state index contributed by atoms with van der Waals surface area (Å²) in [6.45, 7) is 3.23. The number of carbonyl (C=O) groups excluding carboxylic acids is 2. The molecule has 0 aliphatic carbocycles. The zero-order valence-electron chi connectivity index (χ0n) is 12.1. The van der Waals surface area contributed by atoms with Crippen LogP contribution in [0.4, 0.5) is 5.69 Å². The Labute approximate surface area is 124 Å². The maximum Gasteiger partial charge on any atom is 0.243 e. The predicted molar refractivity (Wildman–Crippen MR) is 82.1 cm³/mol. The lowest BCUT2D eigenvalue weighted by atomic mass is 9.98. The van der Waals surface area contributed by atoms with Gasteiger partial charge in [-0.05, 0) is 43.6 Å². The molecule has 1 aromatic carbocycles. The van der Waals surface area contributed by atoms with Crippen LogP contribution in [0.5, 0.6) is 0 Å². The molecule has 6 nitrogen and oxygen atoms in total. The second-order valence-corrected chi connectivity index (χ2v) is 5.06. The highest BCUT2D eigenvalue weighted by Gasteiger charge is 2.20. The van der Waals surface area contributed by atoms with Crippen LogP contribution in [0.3, 0.4) is 0 Å². The SMILES string of the molecule is CC(=O)Nc1ccc(C=NNC(=O)C2CCNCC2)cc1. The van der Waals surface area contributed by atoms with Crippen molar-refractivity contribution in [3.8, 4) is 0 Å². The summed E-state index contributed by atoms with van der Waals surface area (Å²) in [5.74, 6) is -0.0844. The monoisotopic (exact) mass is 288 g/mol. The Balaban J connectivity index is 1.83. The van der Waals surface area contributed by atoms with Gasteiger partial charge in [-0.3, -0.25) is 9.59 Å². The van der Waals surface area contributed by atoms with Gasteiger partial charge in [0.2, 0.25) is 11.8 Å². The van der Waals surface area contributed by atoms with E-state index in [1.165, 1.54) is 6.92 Å². The van der Waals surface area contributed by atoms with Gasteiger partial charge in [0, 0.05) is 18.5 Å². The molecule has 0 radical (unpaired) electrons. The number of piperidine rings is 1. The largest absolute Gasteiger partial charge is 0.326 e. The molecule has 3 N–H and O–H groups in total. The fraction of sp³-hybridized carbons (Fsp3) is 0.400. The second-order valence-electron chi connectivity index (χ2n) is 5.06. The summed E-state index contributed by atoms with van der Waals surface area (Å²) in [6, 6.07) is 7.23. The summed E-state index contributed by atoms with van der Waals surface area (Å²) in [5.41, 5.74) is 4.17. The van der Waals surface area contributed by atoms with Crippen LogP contribution in [0.25, 0.3) is 0 Å². The first-order chi connectivity index (χ1) is 10.1. The maximum absolute atomic E-state index is 11.9. The molecule has 2 amide bonds. The van der Waals surface area contributed by atoms with Gasteiger partial charge in [-0.15, -0.1) is 0 Å². The van der Waals surface area contributed by atoms with E-state index in [2.05, 4.69) is 21.2 Å². The third-order valence-corrected chi connectivity index (χ3v) is 3.33. The number of hydrogen-bond acceptors (Lipinski definition) is 4. The van der Waals surface area contributed by atoms with Crippen molar-refractivity contribution in [2.24, 2.45) is 11.0 Å². The Kier molecular flexibility index (Phi) is 5.45. The van der Waals surface area contributed by atoms with Crippen LogP contribution in [0.1, 0.15) is 25.3 Å². The molecule has 21 heavy (non-hydrogen) atoms. The summed E-state index contributed by atoms with van der Waals surface area (Å²) in [6.07, 6.45) is 3.30. The summed E-state index contributed by atoms with van der Waals surface area (Å²) < 4.78 is 0. The van der Waals surface area contributed by atoms with E-state index in [0.717, 1.165) is 37.2 Å². The third-order valence-electron chi connectivity index (χ3n) is 3.33. The number of hydrogen-bond donors (Lipinski definition) is 3. The molecule has 0 spiro atoms. The van der Waals surface area contributed by atoms with Crippen molar-refractivity contribution in [2.75, 3.05) is 18.4 Å². The fourth-order valence-electron chi connectivity index (χ4n) is 2.20. The van der Waals surface area contributed by atoms with E-state index < -0.39 is 0 Å². The third kappa shape index (κ3) is 5.00. The molecule has 0 bridgehead atoms. The molecule has 0 aromatic heterocycles. The summed E-state index contributed by atoms with van der Waals surface area (Å²) in [7, 11) is 0. The van der Waals surface area contributed by atoms with Crippen LogP contribution in [0, 0.1) is 5.92 Å². The molecule has 0 unspecified atom stereocenters. The first-order valence-electron chi connectivity index (χ1n) is 7.06. The highest BCUT2D eigenvalue weighted by Crippen LogP contribution is 2.11. The molecule has 6 heteroatoms. The Morgan fingerprint density at radius 3 is 2.52 bits per heavy atom. The molecule has 0 saturated carbocycles. The van der Waals surface area contributed by atoms with Crippen molar-refractivity contribution >= 4 is 23.7 Å². The number of nitrogens with one attached hydrogen (secondary N) is 3. The van der Waals surface area contributed by atoms with Gasteiger partial charge in [-0.2, -0.15) is 5.10 Å². The minimum atomic E-state index is -0.106. The molecule has 112 valence electrons. The highest BCUT2D eigenvalue weighted by molar-refractivity contribution is 5.89.